The number of benzene rings is 1. The molecule has 3 N–H and O–H groups in total. The van der Waals surface area contributed by atoms with Crippen molar-refractivity contribution >= 4 is 33.5 Å². The summed E-state index contributed by atoms with van der Waals surface area (Å²) in [6.07, 6.45) is 3.82. The molecule has 20 heavy (non-hydrogen) atoms. The number of nitrogens with zero attached hydrogens (tertiary/aromatic N) is 1. The van der Waals surface area contributed by atoms with E-state index >= 15 is 0 Å². The first-order chi connectivity index (χ1) is 9.49. The van der Waals surface area contributed by atoms with Crippen molar-refractivity contribution in [2.24, 2.45) is 0 Å². The van der Waals surface area contributed by atoms with Gasteiger partial charge in [-0.05, 0) is 47.0 Å². The number of halogens is 1. The van der Waals surface area contributed by atoms with E-state index in [1.165, 1.54) is 4.90 Å². The summed E-state index contributed by atoms with van der Waals surface area (Å²) >= 11 is 3.29. The lowest BCUT2D eigenvalue weighted by Gasteiger charge is -2.27. The van der Waals surface area contributed by atoms with E-state index in [9.17, 15) is 9.59 Å². The van der Waals surface area contributed by atoms with Crippen LogP contribution in [0.15, 0.2) is 22.7 Å². The number of nitrogen functional groups attached to an aromatic ring is 1. The van der Waals surface area contributed by atoms with Gasteiger partial charge in [0.25, 0.3) is 5.91 Å². The standard InChI is InChI=1S/C14H17BrN2O3/c15-11-7-9(5-6-12(11)16)14(20)17(8-13(18)19)10-3-1-2-4-10/h5-7,10H,1-4,8,16H2,(H,18,19). The highest BCUT2D eigenvalue weighted by atomic mass is 79.9. The van der Waals surface area contributed by atoms with Gasteiger partial charge in [0.1, 0.15) is 6.54 Å². The number of carboxylic acid groups (broad SMARTS) is 1. The molecular weight excluding hydrogens is 324 g/mol. The van der Waals surface area contributed by atoms with Gasteiger partial charge in [0.15, 0.2) is 0 Å². The van der Waals surface area contributed by atoms with Crippen LogP contribution in [-0.2, 0) is 4.79 Å². The molecule has 1 aromatic rings. The molecule has 1 aliphatic carbocycles. The molecule has 6 heteroatoms. The molecule has 108 valence electrons. The van der Waals surface area contributed by atoms with Crippen molar-refractivity contribution in [3.8, 4) is 0 Å². The zero-order chi connectivity index (χ0) is 14.7. The summed E-state index contributed by atoms with van der Waals surface area (Å²) in [7, 11) is 0. The minimum Gasteiger partial charge on any atom is -0.480 e. The van der Waals surface area contributed by atoms with E-state index in [2.05, 4.69) is 15.9 Å². The molecule has 0 aromatic heterocycles. The molecule has 1 aliphatic rings. The van der Waals surface area contributed by atoms with Crippen molar-refractivity contribution in [1.29, 1.82) is 0 Å². The van der Waals surface area contributed by atoms with Crippen LogP contribution in [0.3, 0.4) is 0 Å². The molecule has 5 nitrogen and oxygen atoms in total. The van der Waals surface area contributed by atoms with E-state index < -0.39 is 5.97 Å². The van der Waals surface area contributed by atoms with Crippen molar-refractivity contribution in [2.45, 2.75) is 31.7 Å². The van der Waals surface area contributed by atoms with E-state index in [1.807, 2.05) is 0 Å². The quantitative estimate of drug-likeness (QED) is 0.825. The molecule has 0 aliphatic heterocycles. The second-order valence-corrected chi connectivity index (χ2v) is 5.86. The van der Waals surface area contributed by atoms with Gasteiger partial charge in [0.05, 0.1) is 0 Å². The zero-order valence-corrected chi connectivity index (χ0v) is 12.6. The summed E-state index contributed by atoms with van der Waals surface area (Å²) in [5, 5.41) is 9.02. The predicted molar refractivity (Wildman–Crippen MR) is 79.5 cm³/mol. The second kappa shape index (κ2) is 6.26. The lowest BCUT2D eigenvalue weighted by Crippen LogP contribution is -2.42. The SMILES string of the molecule is Nc1ccc(C(=O)N(CC(=O)O)C2CCCC2)cc1Br. The Labute approximate surface area is 125 Å². The Morgan fingerprint density at radius 2 is 2.00 bits per heavy atom. The van der Waals surface area contributed by atoms with Gasteiger partial charge in [0, 0.05) is 21.8 Å². The molecule has 0 radical (unpaired) electrons. The van der Waals surface area contributed by atoms with Crippen LogP contribution in [-0.4, -0.2) is 34.5 Å². The number of rotatable bonds is 4. The molecule has 0 saturated heterocycles. The third-order valence-corrected chi connectivity index (χ3v) is 4.27. The summed E-state index contributed by atoms with van der Waals surface area (Å²) in [4.78, 5) is 25.0. The molecule has 1 aromatic carbocycles. The fraction of sp³-hybridized carbons (Fsp3) is 0.429. The molecule has 0 spiro atoms. The lowest BCUT2D eigenvalue weighted by atomic mass is 10.1. The maximum atomic E-state index is 12.5. The van der Waals surface area contributed by atoms with Crippen LogP contribution in [0.1, 0.15) is 36.0 Å². The van der Waals surface area contributed by atoms with E-state index in [-0.39, 0.29) is 18.5 Å². The molecule has 0 heterocycles. The summed E-state index contributed by atoms with van der Waals surface area (Å²) in [6, 6.07) is 4.94. The molecule has 1 saturated carbocycles. The Bertz CT molecular complexity index is 527. The summed E-state index contributed by atoms with van der Waals surface area (Å²) in [5.74, 6) is -1.24. The Morgan fingerprint density at radius 1 is 1.35 bits per heavy atom. The lowest BCUT2D eigenvalue weighted by molar-refractivity contribution is -0.138. The first kappa shape index (κ1) is 14.8. The number of hydrogen-bond donors (Lipinski definition) is 2. The van der Waals surface area contributed by atoms with E-state index in [0.29, 0.717) is 15.7 Å². The van der Waals surface area contributed by atoms with Crippen LogP contribution in [0, 0.1) is 0 Å². The fourth-order valence-electron chi connectivity index (χ4n) is 2.55. The molecule has 1 fully saturated rings. The molecule has 2 rings (SSSR count). The maximum absolute atomic E-state index is 12.5. The number of carbonyl (C=O) groups is 2. The maximum Gasteiger partial charge on any atom is 0.323 e. The van der Waals surface area contributed by atoms with Gasteiger partial charge >= 0.3 is 5.97 Å². The van der Waals surface area contributed by atoms with Crippen molar-refractivity contribution in [3.05, 3.63) is 28.2 Å². The number of anilines is 1. The number of amides is 1. The first-order valence-electron chi connectivity index (χ1n) is 6.57. The monoisotopic (exact) mass is 340 g/mol. The second-order valence-electron chi connectivity index (χ2n) is 5.00. The first-order valence-corrected chi connectivity index (χ1v) is 7.36. The smallest absolute Gasteiger partial charge is 0.323 e. The Morgan fingerprint density at radius 3 is 2.55 bits per heavy atom. The van der Waals surface area contributed by atoms with Crippen LogP contribution < -0.4 is 5.73 Å². The van der Waals surface area contributed by atoms with Gasteiger partial charge in [-0.2, -0.15) is 0 Å². The highest BCUT2D eigenvalue weighted by Crippen LogP contribution is 2.26. The van der Waals surface area contributed by atoms with Crippen molar-refractivity contribution in [2.75, 3.05) is 12.3 Å². The third kappa shape index (κ3) is 3.30. The zero-order valence-electron chi connectivity index (χ0n) is 11.0. The minimum atomic E-state index is -0.986. The Balaban J connectivity index is 2.24. The van der Waals surface area contributed by atoms with E-state index in [4.69, 9.17) is 10.8 Å². The van der Waals surface area contributed by atoms with Crippen LogP contribution in [0.25, 0.3) is 0 Å². The van der Waals surface area contributed by atoms with Crippen molar-refractivity contribution < 1.29 is 14.7 Å². The van der Waals surface area contributed by atoms with Gasteiger partial charge < -0.3 is 15.7 Å². The van der Waals surface area contributed by atoms with Gasteiger partial charge in [-0.1, -0.05) is 12.8 Å². The molecule has 0 unspecified atom stereocenters. The van der Waals surface area contributed by atoms with E-state index in [1.54, 1.807) is 18.2 Å². The number of nitrogens with two attached hydrogens (primary N) is 1. The van der Waals surface area contributed by atoms with E-state index in [0.717, 1.165) is 25.7 Å². The number of carboxylic acids is 1. The minimum absolute atomic E-state index is 0.0231. The van der Waals surface area contributed by atoms with Gasteiger partial charge in [-0.3, -0.25) is 9.59 Å². The van der Waals surface area contributed by atoms with Gasteiger partial charge in [-0.25, -0.2) is 0 Å². The van der Waals surface area contributed by atoms with Crippen LogP contribution in [0.5, 0.6) is 0 Å². The highest BCUT2D eigenvalue weighted by Gasteiger charge is 2.29. The normalized spacial score (nSPS) is 15.2. The van der Waals surface area contributed by atoms with Crippen LogP contribution in [0.4, 0.5) is 5.69 Å². The topological polar surface area (TPSA) is 83.6 Å². The summed E-state index contributed by atoms with van der Waals surface area (Å²) in [6.45, 7) is -0.258. The summed E-state index contributed by atoms with van der Waals surface area (Å²) in [5.41, 5.74) is 6.71. The highest BCUT2D eigenvalue weighted by molar-refractivity contribution is 9.10. The largest absolute Gasteiger partial charge is 0.480 e. The molecule has 0 atom stereocenters. The fourth-order valence-corrected chi connectivity index (χ4v) is 2.93. The van der Waals surface area contributed by atoms with Gasteiger partial charge in [-0.15, -0.1) is 0 Å². The average Bonchev–Trinajstić information content (AvgIpc) is 2.92. The average molecular weight is 341 g/mol. The van der Waals surface area contributed by atoms with Crippen molar-refractivity contribution in [1.82, 2.24) is 4.90 Å². The summed E-state index contributed by atoms with van der Waals surface area (Å²) < 4.78 is 0.644. The molecule has 1 amide bonds. The predicted octanol–water partition coefficient (Wildman–Crippen LogP) is 2.50. The van der Waals surface area contributed by atoms with Gasteiger partial charge in [0.2, 0.25) is 0 Å². The van der Waals surface area contributed by atoms with Crippen LogP contribution in [0.2, 0.25) is 0 Å². The van der Waals surface area contributed by atoms with Crippen LogP contribution >= 0.6 is 15.9 Å². The van der Waals surface area contributed by atoms with Crippen molar-refractivity contribution in [3.63, 3.8) is 0 Å². The third-order valence-electron chi connectivity index (χ3n) is 3.58. The Kier molecular flexibility index (Phi) is 4.65. The number of aliphatic carboxylic acids is 1. The number of carbonyl (C=O) groups excluding carboxylic acids is 1. The molecule has 0 bridgehead atoms. The number of hydrogen-bond acceptors (Lipinski definition) is 3. The molecular formula is C14H17BrN2O3. The Hall–Kier alpha value is -1.56.